The minimum Gasteiger partial charge on any atom is -0.310 e. The van der Waals surface area contributed by atoms with E-state index in [2.05, 4.69) is 47.4 Å². The van der Waals surface area contributed by atoms with E-state index in [1.807, 2.05) is 37.6 Å². The summed E-state index contributed by atoms with van der Waals surface area (Å²) in [6.45, 7) is 10.1. The molecule has 0 aliphatic rings. The Labute approximate surface area is 164 Å². The van der Waals surface area contributed by atoms with Crippen molar-refractivity contribution in [2.75, 3.05) is 5.32 Å². The molecule has 1 aromatic carbocycles. The summed E-state index contributed by atoms with van der Waals surface area (Å²) in [5.41, 5.74) is 3.47. The van der Waals surface area contributed by atoms with Gasteiger partial charge >= 0.3 is 0 Å². The van der Waals surface area contributed by atoms with Crippen molar-refractivity contribution in [3.8, 4) is 5.69 Å². The third-order valence-corrected chi connectivity index (χ3v) is 5.36. The van der Waals surface area contributed by atoms with Crippen molar-refractivity contribution in [1.82, 2.24) is 19.3 Å². The van der Waals surface area contributed by atoms with Gasteiger partial charge in [-0.15, -0.1) is 0 Å². The molecule has 142 valence electrons. The number of hydrogen-bond donors (Lipinski definition) is 1. The van der Waals surface area contributed by atoms with Gasteiger partial charge in [0.2, 0.25) is 5.91 Å². The molecule has 0 aliphatic heterocycles. The van der Waals surface area contributed by atoms with Gasteiger partial charge in [-0.1, -0.05) is 29.5 Å². The molecule has 1 N–H and O–H groups in total. The number of hydrogen-bond acceptors (Lipinski definition) is 4. The van der Waals surface area contributed by atoms with Crippen LogP contribution < -0.4 is 5.32 Å². The zero-order chi connectivity index (χ0) is 19.6. The Morgan fingerprint density at radius 3 is 2.63 bits per heavy atom. The predicted molar refractivity (Wildman–Crippen MR) is 110 cm³/mol. The van der Waals surface area contributed by atoms with Crippen LogP contribution in [-0.2, 0) is 4.79 Å². The molecule has 0 fully saturated rings. The normalized spacial score (nSPS) is 12.4. The number of aromatic nitrogens is 4. The van der Waals surface area contributed by atoms with E-state index in [1.165, 1.54) is 22.9 Å². The molecule has 3 aromatic rings. The van der Waals surface area contributed by atoms with Gasteiger partial charge in [-0.3, -0.25) is 9.36 Å². The smallest absolute Gasteiger partial charge is 0.238 e. The van der Waals surface area contributed by atoms with Gasteiger partial charge in [0, 0.05) is 24.5 Å². The summed E-state index contributed by atoms with van der Waals surface area (Å²) in [5, 5.41) is 7.71. The molecule has 0 saturated heterocycles. The van der Waals surface area contributed by atoms with Crippen LogP contribution in [0.2, 0.25) is 0 Å². The number of nitrogens with one attached hydrogen (secondary N) is 1. The van der Waals surface area contributed by atoms with E-state index in [0.717, 1.165) is 10.8 Å². The fraction of sp³-hybridized carbons (Fsp3) is 0.350. The van der Waals surface area contributed by atoms with E-state index < -0.39 is 0 Å². The molecule has 1 unspecified atom stereocenters. The Kier molecular flexibility index (Phi) is 5.70. The van der Waals surface area contributed by atoms with E-state index in [-0.39, 0.29) is 17.2 Å². The third-order valence-electron chi connectivity index (χ3n) is 4.28. The molecule has 0 saturated carbocycles. The molecule has 0 aliphatic carbocycles. The summed E-state index contributed by atoms with van der Waals surface area (Å²) < 4.78 is 3.83. The average Bonchev–Trinajstić information content (AvgIpc) is 3.24. The Bertz CT molecular complexity index is 944. The number of benzene rings is 1. The number of anilines is 1. The van der Waals surface area contributed by atoms with Crippen molar-refractivity contribution in [2.24, 2.45) is 0 Å². The van der Waals surface area contributed by atoms with Crippen LogP contribution in [0.3, 0.4) is 0 Å². The maximum atomic E-state index is 12.7. The number of thioether (sulfide) groups is 1. The molecule has 0 spiro atoms. The molecular weight excluding hydrogens is 358 g/mol. The van der Waals surface area contributed by atoms with Crippen LogP contribution in [-0.4, -0.2) is 30.5 Å². The topological polar surface area (TPSA) is 64.7 Å². The fourth-order valence-corrected chi connectivity index (χ4v) is 3.78. The number of rotatable bonds is 6. The maximum Gasteiger partial charge on any atom is 0.238 e. The van der Waals surface area contributed by atoms with Crippen LogP contribution in [0.4, 0.5) is 5.82 Å². The first kappa shape index (κ1) is 19.2. The number of amides is 1. The lowest BCUT2D eigenvalue weighted by Gasteiger charge is -2.16. The molecule has 3 rings (SSSR count). The summed E-state index contributed by atoms with van der Waals surface area (Å²) in [6.07, 6.45) is 5.39. The highest BCUT2D eigenvalue weighted by molar-refractivity contribution is 8.00. The maximum absolute atomic E-state index is 12.7. The van der Waals surface area contributed by atoms with Gasteiger partial charge in [-0.25, -0.2) is 9.67 Å². The van der Waals surface area contributed by atoms with E-state index in [0.29, 0.717) is 5.82 Å². The first-order valence-electron chi connectivity index (χ1n) is 8.99. The van der Waals surface area contributed by atoms with Crippen LogP contribution in [0.5, 0.6) is 0 Å². The summed E-state index contributed by atoms with van der Waals surface area (Å²) >= 11 is 1.44. The second kappa shape index (κ2) is 8.00. The summed E-state index contributed by atoms with van der Waals surface area (Å²) in [7, 11) is 0. The molecule has 1 amide bonds. The highest BCUT2D eigenvalue weighted by Gasteiger charge is 2.20. The lowest BCUT2D eigenvalue weighted by Crippen LogP contribution is -2.25. The number of carbonyl (C=O) groups excluding carboxylic acids is 1. The standard InChI is InChI=1S/C20H25N5OS/c1-13(2)25-18(8-9-22-25)23-19(26)16(5)27-20-21-10-11-24(20)17-7-6-14(3)12-15(17)4/h6-13,16H,1-5H3,(H,23,26). The second-order valence-electron chi connectivity index (χ2n) is 6.87. The van der Waals surface area contributed by atoms with Gasteiger partial charge in [0.15, 0.2) is 5.16 Å². The van der Waals surface area contributed by atoms with E-state index >= 15 is 0 Å². The van der Waals surface area contributed by atoms with Gasteiger partial charge < -0.3 is 5.32 Å². The highest BCUT2D eigenvalue weighted by atomic mass is 32.2. The number of carbonyl (C=O) groups is 1. The first-order chi connectivity index (χ1) is 12.9. The molecule has 0 bridgehead atoms. The fourth-order valence-electron chi connectivity index (χ4n) is 2.90. The van der Waals surface area contributed by atoms with Crippen LogP contribution in [0.25, 0.3) is 5.69 Å². The minimum absolute atomic E-state index is 0.0717. The zero-order valence-electron chi connectivity index (χ0n) is 16.3. The number of nitrogens with zero attached hydrogens (tertiary/aromatic N) is 4. The van der Waals surface area contributed by atoms with Gasteiger partial charge in [0.25, 0.3) is 0 Å². The molecule has 0 radical (unpaired) electrons. The van der Waals surface area contributed by atoms with Crippen LogP contribution in [0, 0.1) is 13.8 Å². The zero-order valence-corrected chi connectivity index (χ0v) is 17.1. The van der Waals surface area contributed by atoms with E-state index in [1.54, 1.807) is 17.1 Å². The van der Waals surface area contributed by atoms with Gasteiger partial charge in [-0.05, 0) is 46.2 Å². The minimum atomic E-state index is -0.299. The van der Waals surface area contributed by atoms with Crippen LogP contribution in [0.15, 0.2) is 48.0 Å². The Morgan fingerprint density at radius 1 is 1.15 bits per heavy atom. The molecule has 27 heavy (non-hydrogen) atoms. The lowest BCUT2D eigenvalue weighted by molar-refractivity contribution is -0.115. The molecule has 1 atom stereocenters. The summed E-state index contributed by atoms with van der Waals surface area (Å²) in [4.78, 5) is 17.1. The van der Waals surface area contributed by atoms with E-state index in [4.69, 9.17) is 0 Å². The van der Waals surface area contributed by atoms with Crippen molar-refractivity contribution in [1.29, 1.82) is 0 Å². The summed E-state index contributed by atoms with van der Waals surface area (Å²) in [5.74, 6) is 0.637. The third kappa shape index (κ3) is 4.24. The van der Waals surface area contributed by atoms with Gasteiger partial charge in [-0.2, -0.15) is 5.10 Å². The molecule has 2 aromatic heterocycles. The number of imidazole rings is 1. The molecule has 6 nitrogen and oxygen atoms in total. The first-order valence-corrected chi connectivity index (χ1v) is 9.86. The van der Waals surface area contributed by atoms with Crippen LogP contribution >= 0.6 is 11.8 Å². The monoisotopic (exact) mass is 383 g/mol. The number of aryl methyl sites for hydroxylation is 2. The predicted octanol–water partition coefficient (Wildman–Crippen LogP) is 4.39. The van der Waals surface area contributed by atoms with Crippen LogP contribution in [0.1, 0.15) is 37.9 Å². The quantitative estimate of drug-likeness (QED) is 0.641. The van der Waals surface area contributed by atoms with Gasteiger partial charge in [0.05, 0.1) is 17.1 Å². The van der Waals surface area contributed by atoms with E-state index in [9.17, 15) is 4.79 Å². The van der Waals surface area contributed by atoms with Crippen molar-refractivity contribution < 1.29 is 4.79 Å². The SMILES string of the molecule is Cc1ccc(-n2ccnc2SC(C)C(=O)Nc2ccnn2C(C)C)c(C)c1. The molecule has 2 heterocycles. The Morgan fingerprint density at radius 2 is 1.93 bits per heavy atom. The summed E-state index contributed by atoms with van der Waals surface area (Å²) in [6, 6.07) is 8.31. The molecule has 7 heteroatoms. The second-order valence-corrected chi connectivity index (χ2v) is 8.18. The van der Waals surface area contributed by atoms with Crippen molar-refractivity contribution >= 4 is 23.5 Å². The highest BCUT2D eigenvalue weighted by Crippen LogP contribution is 2.27. The molecular formula is C20H25N5OS. The Balaban J connectivity index is 1.75. The van der Waals surface area contributed by atoms with Crippen molar-refractivity contribution in [3.05, 3.63) is 54.0 Å². The average molecular weight is 384 g/mol. The lowest BCUT2D eigenvalue weighted by atomic mass is 10.1. The van der Waals surface area contributed by atoms with Crippen molar-refractivity contribution in [3.63, 3.8) is 0 Å². The van der Waals surface area contributed by atoms with Gasteiger partial charge in [0.1, 0.15) is 5.82 Å². The van der Waals surface area contributed by atoms with Crippen molar-refractivity contribution in [2.45, 2.75) is 51.1 Å². The Hall–Kier alpha value is -2.54. The largest absolute Gasteiger partial charge is 0.310 e.